The molecule has 1 aromatic carbocycles. The molecule has 0 amide bonds. The fourth-order valence-corrected chi connectivity index (χ4v) is 1.81. The Kier molecular flexibility index (Phi) is 6.29. The summed E-state index contributed by atoms with van der Waals surface area (Å²) in [5, 5.41) is 14.1. The molecule has 106 valence electrons. The number of ether oxygens (including phenoxy) is 1. The van der Waals surface area contributed by atoms with Crippen molar-refractivity contribution in [3.05, 3.63) is 33.4 Å². The number of nitro benzene ring substituents is 1. The predicted octanol–water partition coefficient (Wildman–Crippen LogP) is 2.98. The van der Waals surface area contributed by atoms with Crippen LogP contribution in [0.4, 0.5) is 5.69 Å². The first kappa shape index (κ1) is 15.4. The van der Waals surface area contributed by atoms with E-state index in [1.54, 1.807) is 19.1 Å². The molecule has 0 heterocycles. The van der Waals surface area contributed by atoms with Gasteiger partial charge in [-0.2, -0.15) is 0 Å². The first-order chi connectivity index (χ1) is 9.06. The van der Waals surface area contributed by atoms with Crippen molar-refractivity contribution >= 4 is 5.69 Å². The van der Waals surface area contributed by atoms with E-state index in [1.807, 2.05) is 6.92 Å². The Bertz CT molecular complexity index is 433. The lowest BCUT2D eigenvalue weighted by Crippen LogP contribution is -2.18. The highest BCUT2D eigenvalue weighted by molar-refractivity contribution is 5.49. The minimum Gasteiger partial charge on any atom is -0.493 e. The smallest absolute Gasteiger partial charge is 0.272 e. The summed E-state index contributed by atoms with van der Waals surface area (Å²) < 4.78 is 5.67. The van der Waals surface area contributed by atoms with E-state index in [9.17, 15) is 10.1 Å². The molecule has 0 aromatic heterocycles. The number of hydrogen-bond acceptors (Lipinski definition) is 4. The maximum absolute atomic E-state index is 10.8. The fourth-order valence-electron chi connectivity index (χ4n) is 1.81. The Balaban J connectivity index is 2.50. The van der Waals surface area contributed by atoms with Gasteiger partial charge in [-0.3, -0.25) is 10.1 Å². The van der Waals surface area contributed by atoms with Gasteiger partial charge in [0.2, 0.25) is 0 Å². The van der Waals surface area contributed by atoms with Gasteiger partial charge in [-0.15, -0.1) is 0 Å². The molecule has 0 aliphatic carbocycles. The van der Waals surface area contributed by atoms with Gasteiger partial charge in [0.25, 0.3) is 5.69 Å². The molecule has 5 heteroatoms. The highest BCUT2D eigenvalue weighted by Crippen LogP contribution is 2.27. The average Bonchev–Trinajstić information content (AvgIpc) is 2.36. The van der Waals surface area contributed by atoms with Crippen molar-refractivity contribution < 1.29 is 9.66 Å². The highest BCUT2D eigenvalue weighted by Gasteiger charge is 2.13. The van der Waals surface area contributed by atoms with Gasteiger partial charge in [0.1, 0.15) is 5.75 Å². The third kappa shape index (κ3) is 4.87. The molecule has 0 aliphatic rings. The summed E-state index contributed by atoms with van der Waals surface area (Å²) in [5.74, 6) is 0.735. The Morgan fingerprint density at radius 2 is 2.00 bits per heavy atom. The first-order valence-electron chi connectivity index (χ1n) is 6.65. The Morgan fingerprint density at radius 3 is 2.63 bits per heavy atom. The van der Waals surface area contributed by atoms with Crippen molar-refractivity contribution in [1.82, 2.24) is 5.32 Å². The molecule has 0 unspecified atom stereocenters. The summed E-state index contributed by atoms with van der Waals surface area (Å²) in [6.07, 6.45) is 2.05. The lowest BCUT2D eigenvalue weighted by molar-refractivity contribution is -0.385. The summed E-state index contributed by atoms with van der Waals surface area (Å²) in [7, 11) is 0. The Labute approximate surface area is 114 Å². The average molecular weight is 266 g/mol. The molecule has 1 aromatic rings. The number of rotatable bonds is 8. The zero-order valence-electron chi connectivity index (χ0n) is 11.9. The third-order valence-corrected chi connectivity index (χ3v) is 2.87. The molecule has 0 fully saturated rings. The molecule has 0 saturated carbocycles. The van der Waals surface area contributed by atoms with E-state index in [2.05, 4.69) is 12.2 Å². The van der Waals surface area contributed by atoms with Crippen molar-refractivity contribution in [2.75, 3.05) is 19.7 Å². The molecule has 0 radical (unpaired) electrons. The summed E-state index contributed by atoms with van der Waals surface area (Å²) in [5.41, 5.74) is 1.59. The summed E-state index contributed by atoms with van der Waals surface area (Å²) >= 11 is 0. The summed E-state index contributed by atoms with van der Waals surface area (Å²) in [6, 6.07) is 3.31. The van der Waals surface area contributed by atoms with Crippen LogP contribution in [0.5, 0.6) is 5.75 Å². The number of hydrogen-bond donors (Lipinski definition) is 1. The van der Waals surface area contributed by atoms with Crippen LogP contribution in [0.3, 0.4) is 0 Å². The van der Waals surface area contributed by atoms with Gasteiger partial charge in [0.15, 0.2) is 0 Å². The number of nitro groups is 1. The molecular formula is C14H22N2O3. The zero-order chi connectivity index (χ0) is 14.3. The van der Waals surface area contributed by atoms with Gasteiger partial charge in [0.05, 0.1) is 11.5 Å². The lowest BCUT2D eigenvalue weighted by Gasteiger charge is -2.10. The highest BCUT2D eigenvalue weighted by atomic mass is 16.6. The van der Waals surface area contributed by atoms with Gasteiger partial charge in [-0.25, -0.2) is 0 Å². The van der Waals surface area contributed by atoms with Gasteiger partial charge >= 0.3 is 0 Å². The van der Waals surface area contributed by atoms with Crippen LogP contribution in [-0.2, 0) is 0 Å². The normalized spacial score (nSPS) is 10.5. The first-order valence-corrected chi connectivity index (χ1v) is 6.65. The molecule has 5 nitrogen and oxygen atoms in total. The van der Waals surface area contributed by atoms with E-state index in [1.165, 1.54) is 0 Å². The second-order valence-electron chi connectivity index (χ2n) is 4.61. The molecule has 0 saturated heterocycles. The molecule has 1 rings (SSSR count). The molecule has 0 atom stereocenters. The Hall–Kier alpha value is -1.62. The second kappa shape index (κ2) is 7.74. The number of nitrogens with one attached hydrogen (secondary N) is 1. The van der Waals surface area contributed by atoms with Crippen molar-refractivity contribution in [1.29, 1.82) is 0 Å². The lowest BCUT2D eigenvalue weighted by atomic mass is 10.1. The van der Waals surface area contributed by atoms with Crippen molar-refractivity contribution in [3.63, 3.8) is 0 Å². The van der Waals surface area contributed by atoms with Gasteiger partial charge in [-0.05, 0) is 51.4 Å². The maximum atomic E-state index is 10.8. The SMILES string of the molecule is CCCNCCCOc1cc(C)c([N+](=O)[O-])cc1C. The van der Waals surface area contributed by atoms with E-state index in [4.69, 9.17) is 4.74 Å². The Morgan fingerprint density at radius 1 is 1.26 bits per heavy atom. The molecule has 1 N–H and O–H groups in total. The number of benzene rings is 1. The fraction of sp³-hybridized carbons (Fsp3) is 0.571. The van der Waals surface area contributed by atoms with Crippen LogP contribution in [0.15, 0.2) is 12.1 Å². The minimum absolute atomic E-state index is 0.148. The number of nitrogens with zero attached hydrogens (tertiary/aromatic N) is 1. The van der Waals surface area contributed by atoms with Crippen LogP contribution in [-0.4, -0.2) is 24.6 Å². The molecular weight excluding hydrogens is 244 g/mol. The van der Waals surface area contributed by atoms with Crippen LogP contribution in [0.2, 0.25) is 0 Å². The number of aryl methyl sites for hydroxylation is 2. The monoisotopic (exact) mass is 266 g/mol. The van der Waals surface area contributed by atoms with Crippen molar-refractivity contribution in [2.24, 2.45) is 0 Å². The van der Waals surface area contributed by atoms with E-state index in [0.717, 1.165) is 37.2 Å². The van der Waals surface area contributed by atoms with E-state index < -0.39 is 0 Å². The van der Waals surface area contributed by atoms with Crippen LogP contribution in [0.1, 0.15) is 30.9 Å². The van der Waals surface area contributed by atoms with Crippen LogP contribution in [0, 0.1) is 24.0 Å². The quantitative estimate of drug-likeness (QED) is 0.446. The molecule has 0 spiro atoms. The van der Waals surface area contributed by atoms with Gasteiger partial charge < -0.3 is 10.1 Å². The van der Waals surface area contributed by atoms with E-state index in [0.29, 0.717) is 12.2 Å². The minimum atomic E-state index is -0.360. The molecule has 0 aliphatic heterocycles. The van der Waals surface area contributed by atoms with Crippen LogP contribution in [0.25, 0.3) is 0 Å². The summed E-state index contributed by atoms with van der Waals surface area (Å²) in [6.45, 7) is 8.26. The largest absolute Gasteiger partial charge is 0.493 e. The van der Waals surface area contributed by atoms with Crippen LogP contribution < -0.4 is 10.1 Å². The third-order valence-electron chi connectivity index (χ3n) is 2.87. The van der Waals surface area contributed by atoms with E-state index in [-0.39, 0.29) is 10.6 Å². The van der Waals surface area contributed by atoms with Crippen LogP contribution >= 0.6 is 0 Å². The van der Waals surface area contributed by atoms with Crippen molar-refractivity contribution in [3.8, 4) is 5.75 Å². The standard InChI is InChI=1S/C14H22N2O3/c1-4-6-15-7-5-8-19-14-10-11(2)13(16(17)18)9-12(14)3/h9-10,15H,4-8H2,1-3H3. The second-order valence-corrected chi connectivity index (χ2v) is 4.61. The molecule has 19 heavy (non-hydrogen) atoms. The van der Waals surface area contributed by atoms with E-state index >= 15 is 0 Å². The topological polar surface area (TPSA) is 64.4 Å². The zero-order valence-corrected chi connectivity index (χ0v) is 11.9. The van der Waals surface area contributed by atoms with Gasteiger partial charge in [-0.1, -0.05) is 6.92 Å². The maximum Gasteiger partial charge on any atom is 0.272 e. The van der Waals surface area contributed by atoms with Crippen molar-refractivity contribution in [2.45, 2.75) is 33.6 Å². The summed E-state index contributed by atoms with van der Waals surface area (Å²) in [4.78, 5) is 10.4. The van der Waals surface area contributed by atoms with Gasteiger partial charge in [0, 0.05) is 11.6 Å². The predicted molar refractivity (Wildman–Crippen MR) is 75.8 cm³/mol. The molecule has 0 bridgehead atoms.